The minimum Gasteiger partial charge on any atom is -0.278 e. The monoisotopic (exact) mass is 266 g/mol. The molecule has 0 amide bonds. The van der Waals surface area contributed by atoms with Crippen molar-refractivity contribution < 1.29 is 0 Å². The van der Waals surface area contributed by atoms with Gasteiger partial charge in [0.15, 0.2) is 0 Å². The smallest absolute Gasteiger partial charge is 0.278 e. The summed E-state index contributed by atoms with van der Waals surface area (Å²) in [6, 6.07) is 1.82. The molecule has 0 N–H and O–H groups in total. The fraction of sp³-hybridized carbons (Fsp3) is 0.455. The van der Waals surface area contributed by atoms with E-state index in [2.05, 4.69) is 4.99 Å². The molecule has 18 heavy (non-hydrogen) atoms. The maximum absolute atomic E-state index is 12.1. The normalized spacial score (nSPS) is 13.1. The lowest BCUT2D eigenvalue weighted by Gasteiger charge is -2.11. The van der Waals surface area contributed by atoms with Gasteiger partial charge in [-0.3, -0.25) is 9.36 Å². The van der Waals surface area contributed by atoms with Gasteiger partial charge in [-0.05, 0) is 6.42 Å². The predicted molar refractivity (Wildman–Crippen MR) is 67.5 cm³/mol. The molecule has 1 aromatic heterocycles. The Kier molecular flexibility index (Phi) is 3.34. The lowest BCUT2D eigenvalue weighted by molar-refractivity contribution is 0.578. The maximum atomic E-state index is 12.1. The molecule has 0 saturated carbocycles. The van der Waals surface area contributed by atoms with Gasteiger partial charge in [0.1, 0.15) is 17.5 Å². The summed E-state index contributed by atoms with van der Waals surface area (Å²) in [5.74, 6) is 0.339. The molecular formula is C11H11ClN4O2. The molecule has 0 bridgehead atoms. The highest BCUT2D eigenvalue weighted by atomic mass is 35.5. The molecule has 0 saturated heterocycles. The molecule has 94 valence electrons. The van der Waals surface area contributed by atoms with Gasteiger partial charge in [-0.2, -0.15) is 5.26 Å². The molecule has 0 unspecified atom stereocenters. The number of aliphatic imine (C=N–C) groups is 1. The number of halogens is 1. The van der Waals surface area contributed by atoms with Gasteiger partial charge in [0.05, 0.1) is 11.6 Å². The van der Waals surface area contributed by atoms with E-state index in [-0.39, 0.29) is 13.0 Å². The van der Waals surface area contributed by atoms with Gasteiger partial charge in [-0.25, -0.2) is 14.4 Å². The number of hydrogen-bond donors (Lipinski definition) is 0. The molecule has 0 atom stereocenters. The zero-order chi connectivity index (χ0) is 13.3. The molecule has 1 aliphatic rings. The van der Waals surface area contributed by atoms with Crippen LogP contribution in [0.3, 0.4) is 0 Å². The zero-order valence-corrected chi connectivity index (χ0v) is 10.6. The molecular weight excluding hydrogens is 256 g/mol. The summed E-state index contributed by atoms with van der Waals surface area (Å²) in [5, 5.41) is 8.97. The Morgan fingerprint density at radius 2 is 2.17 bits per heavy atom. The highest BCUT2D eigenvalue weighted by Gasteiger charge is 2.23. The van der Waals surface area contributed by atoms with Gasteiger partial charge in [0.25, 0.3) is 5.56 Å². The molecule has 0 spiro atoms. The number of aromatic nitrogens is 2. The van der Waals surface area contributed by atoms with Gasteiger partial charge in [-0.15, -0.1) is 0 Å². The van der Waals surface area contributed by atoms with Crippen LogP contribution in [-0.4, -0.2) is 14.3 Å². The van der Waals surface area contributed by atoms with E-state index in [0.717, 1.165) is 11.0 Å². The average molecular weight is 267 g/mol. The Morgan fingerprint density at radius 3 is 2.78 bits per heavy atom. The first kappa shape index (κ1) is 12.6. The van der Waals surface area contributed by atoms with E-state index in [1.807, 2.05) is 13.0 Å². The third-order valence-electron chi connectivity index (χ3n) is 2.72. The minimum absolute atomic E-state index is 0.227. The van der Waals surface area contributed by atoms with Gasteiger partial charge in [0, 0.05) is 13.0 Å². The highest BCUT2D eigenvalue weighted by Crippen LogP contribution is 2.23. The van der Waals surface area contributed by atoms with Crippen LogP contribution in [0.25, 0.3) is 0 Å². The van der Waals surface area contributed by atoms with E-state index in [1.54, 1.807) is 0 Å². The summed E-state index contributed by atoms with van der Waals surface area (Å²) >= 11 is 5.82. The Labute approximate surface area is 108 Å². The quantitative estimate of drug-likeness (QED) is 0.810. The number of rotatable bonds is 3. The maximum Gasteiger partial charge on any atom is 0.333 e. The first-order valence-electron chi connectivity index (χ1n) is 5.56. The fourth-order valence-corrected chi connectivity index (χ4v) is 2.18. The summed E-state index contributed by atoms with van der Waals surface area (Å²) in [7, 11) is 0. The van der Waals surface area contributed by atoms with Gasteiger partial charge >= 0.3 is 5.69 Å². The first-order valence-corrected chi connectivity index (χ1v) is 5.94. The van der Waals surface area contributed by atoms with E-state index in [4.69, 9.17) is 16.9 Å². The zero-order valence-electron chi connectivity index (χ0n) is 9.81. The molecule has 2 heterocycles. The van der Waals surface area contributed by atoms with Crippen molar-refractivity contribution >= 4 is 22.6 Å². The van der Waals surface area contributed by atoms with Crippen LogP contribution in [0.2, 0.25) is 0 Å². The number of nitriles is 1. The molecule has 6 nitrogen and oxygen atoms in total. The van der Waals surface area contributed by atoms with Gasteiger partial charge < -0.3 is 0 Å². The van der Waals surface area contributed by atoms with E-state index >= 15 is 0 Å². The highest BCUT2D eigenvalue weighted by molar-refractivity contribution is 6.66. The SMILES string of the molecule is CCCn1c2c(c(=O)n(CC#N)c1=O)CC(Cl)=N2. The minimum atomic E-state index is -0.503. The Balaban J connectivity index is 2.77. The van der Waals surface area contributed by atoms with Crippen molar-refractivity contribution in [2.45, 2.75) is 32.9 Å². The molecule has 1 aliphatic heterocycles. The fourth-order valence-electron chi connectivity index (χ4n) is 1.96. The number of nitrogens with zero attached hydrogens (tertiary/aromatic N) is 4. The van der Waals surface area contributed by atoms with Crippen molar-refractivity contribution in [1.29, 1.82) is 5.26 Å². The molecule has 2 rings (SSSR count). The summed E-state index contributed by atoms with van der Waals surface area (Å²) < 4.78 is 2.34. The Hall–Kier alpha value is -1.87. The summed E-state index contributed by atoms with van der Waals surface area (Å²) in [6.45, 7) is 2.10. The Morgan fingerprint density at radius 1 is 1.44 bits per heavy atom. The van der Waals surface area contributed by atoms with Crippen molar-refractivity contribution in [2.24, 2.45) is 4.99 Å². The van der Waals surface area contributed by atoms with Crippen LogP contribution in [0.4, 0.5) is 5.82 Å². The first-order chi connectivity index (χ1) is 8.60. The van der Waals surface area contributed by atoms with Crippen LogP contribution >= 0.6 is 11.6 Å². The van der Waals surface area contributed by atoms with Crippen molar-refractivity contribution in [3.05, 3.63) is 26.4 Å². The van der Waals surface area contributed by atoms with E-state index in [1.165, 1.54) is 4.57 Å². The molecule has 7 heteroatoms. The third-order valence-corrected chi connectivity index (χ3v) is 2.93. The topological polar surface area (TPSA) is 80.1 Å². The standard InChI is InChI=1S/C11H11ClN4O2/c1-2-4-15-9-7(6-8(12)14-9)10(17)16(5-3-13)11(15)18/h2,4-6H2,1H3. The number of hydrogen-bond acceptors (Lipinski definition) is 4. The largest absolute Gasteiger partial charge is 0.333 e. The second kappa shape index (κ2) is 4.78. The van der Waals surface area contributed by atoms with Crippen molar-refractivity contribution in [1.82, 2.24) is 9.13 Å². The van der Waals surface area contributed by atoms with Crippen molar-refractivity contribution in [3.63, 3.8) is 0 Å². The molecule has 0 aromatic carbocycles. The Bertz CT molecular complexity index is 678. The lowest BCUT2D eigenvalue weighted by Crippen LogP contribution is -2.41. The van der Waals surface area contributed by atoms with Crippen LogP contribution in [-0.2, 0) is 19.5 Å². The van der Waals surface area contributed by atoms with Gasteiger partial charge in [0.2, 0.25) is 0 Å². The summed E-state index contributed by atoms with van der Waals surface area (Å²) in [6.07, 6.45) is 0.954. The van der Waals surface area contributed by atoms with E-state index < -0.39 is 11.2 Å². The number of fused-ring (bicyclic) bond motifs is 1. The van der Waals surface area contributed by atoms with Crippen LogP contribution in [0, 0.1) is 11.3 Å². The second-order valence-corrected chi connectivity index (χ2v) is 4.39. The predicted octanol–water partition coefficient (Wildman–Crippen LogP) is 0.768. The van der Waals surface area contributed by atoms with Crippen LogP contribution in [0.5, 0.6) is 0 Å². The third kappa shape index (κ3) is 1.87. The lowest BCUT2D eigenvalue weighted by atomic mass is 10.2. The van der Waals surface area contributed by atoms with Crippen molar-refractivity contribution in [3.8, 4) is 6.07 Å². The van der Waals surface area contributed by atoms with E-state index in [9.17, 15) is 9.59 Å². The molecule has 0 radical (unpaired) electrons. The van der Waals surface area contributed by atoms with Crippen LogP contribution in [0.15, 0.2) is 14.6 Å². The molecule has 0 aliphatic carbocycles. The van der Waals surface area contributed by atoms with Crippen LogP contribution in [0.1, 0.15) is 18.9 Å². The van der Waals surface area contributed by atoms with Crippen LogP contribution < -0.4 is 11.2 Å². The summed E-state index contributed by atoms with van der Waals surface area (Å²) in [4.78, 5) is 28.2. The average Bonchev–Trinajstić information content (AvgIpc) is 2.72. The molecule has 0 fully saturated rings. The van der Waals surface area contributed by atoms with Crippen molar-refractivity contribution in [2.75, 3.05) is 0 Å². The summed E-state index contributed by atoms with van der Waals surface area (Å²) in [5.41, 5.74) is -0.580. The molecule has 1 aromatic rings. The second-order valence-electron chi connectivity index (χ2n) is 3.95. The van der Waals surface area contributed by atoms with Gasteiger partial charge in [-0.1, -0.05) is 18.5 Å². The van der Waals surface area contributed by atoms with E-state index in [0.29, 0.717) is 23.1 Å².